The van der Waals surface area contributed by atoms with E-state index >= 15 is 0 Å². The van der Waals surface area contributed by atoms with Crippen molar-refractivity contribution in [2.24, 2.45) is 0 Å². The average Bonchev–Trinajstić information content (AvgIpc) is 3.02. The van der Waals surface area contributed by atoms with E-state index in [1.807, 2.05) is 19.9 Å². The fourth-order valence-corrected chi connectivity index (χ4v) is 3.93. The summed E-state index contributed by atoms with van der Waals surface area (Å²) in [5.41, 5.74) is 0.845. The molecule has 12 heteroatoms. The van der Waals surface area contributed by atoms with Crippen molar-refractivity contribution in [3.05, 3.63) is 59.2 Å². The maximum absolute atomic E-state index is 12.6. The Labute approximate surface area is 177 Å². The smallest absolute Gasteiger partial charge is 0.369 e. The van der Waals surface area contributed by atoms with Gasteiger partial charge in [-0.05, 0) is 51.1 Å². The van der Waals surface area contributed by atoms with Crippen LogP contribution in [0.2, 0.25) is 0 Å². The minimum Gasteiger partial charge on any atom is -0.369 e. The molecule has 2 aromatic heterocycles. The summed E-state index contributed by atoms with van der Waals surface area (Å²) in [4.78, 5) is 8.40. The second-order valence-corrected chi connectivity index (χ2v) is 8.61. The molecule has 0 aliphatic carbocycles. The normalized spacial score (nSPS) is 12.2. The predicted octanol–water partition coefficient (Wildman–Crippen LogP) is 3.00. The molecule has 31 heavy (non-hydrogen) atoms. The maximum Gasteiger partial charge on any atom is 0.416 e. The summed E-state index contributed by atoms with van der Waals surface area (Å²) in [6.07, 6.45) is -4.53. The Hall–Kier alpha value is -2.99. The Bertz CT molecular complexity index is 1170. The zero-order valence-electron chi connectivity index (χ0n) is 17.0. The van der Waals surface area contributed by atoms with E-state index < -0.39 is 21.8 Å². The molecule has 0 spiro atoms. The lowest BCUT2D eigenvalue weighted by molar-refractivity contribution is -0.137. The van der Waals surface area contributed by atoms with Gasteiger partial charge in [0, 0.05) is 24.8 Å². The molecule has 2 heterocycles. The minimum absolute atomic E-state index is 0.00163. The van der Waals surface area contributed by atoms with Crippen molar-refractivity contribution in [3.63, 3.8) is 0 Å². The zero-order valence-corrected chi connectivity index (χ0v) is 17.8. The van der Waals surface area contributed by atoms with Crippen LogP contribution in [0, 0.1) is 20.8 Å². The number of nitrogens with one attached hydrogen (secondary N) is 2. The van der Waals surface area contributed by atoms with Gasteiger partial charge in [0.05, 0.1) is 16.2 Å². The number of aromatic nitrogens is 4. The highest BCUT2D eigenvalue weighted by Crippen LogP contribution is 2.29. The van der Waals surface area contributed by atoms with E-state index in [9.17, 15) is 21.6 Å². The molecule has 0 unspecified atom stereocenters. The van der Waals surface area contributed by atoms with E-state index in [-0.39, 0.29) is 18.0 Å². The molecule has 0 saturated carbocycles. The van der Waals surface area contributed by atoms with Crippen LogP contribution in [0.25, 0.3) is 5.82 Å². The topological polar surface area (TPSA) is 102 Å². The Kier molecular flexibility index (Phi) is 6.32. The highest BCUT2D eigenvalue weighted by Gasteiger charge is 2.30. The first-order chi connectivity index (χ1) is 14.5. The average molecular weight is 454 g/mol. The summed E-state index contributed by atoms with van der Waals surface area (Å²) in [6.45, 7) is 5.71. The minimum atomic E-state index is -4.53. The van der Waals surface area contributed by atoms with E-state index in [2.05, 4.69) is 25.1 Å². The summed E-state index contributed by atoms with van der Waals surface area (Å²) in [7, 11) is -3.94. The van der Waals surface area contributed by atoms with Gasteiger partial charge in [0.2, 0.25) is 10.0 Å². The van der Waals surface area contributed by atoms with Gasteiger partial charge in [0.15, 0.2) is 5.82 Å². The van der Waals surface area contributed by atoms with Crippen LogP contribution < -0.4 is 10.0 Å². The van der Waals surface area contributed by atoms with Crippen LogP contribution in [0.3, 0.4) is 0 Å². The standard InChI is InChI=1S/C19H21F3N6O2S/c1-12-10-13(2)28(27-12)18-11-17(25-14(3)26-18)23-8-9-24-31(29,30)16-6-4-15(5-7-16)19(20,21)22/h4-7,10-11,24H,8-9H2,1-3H3,(H,23,25,26). The molecule has 0 atom stereocenters. The van der Waals surface area contributed by atoms with Crippen molar-refractivity contribution in [1.82, 2.24) is 24.5 Å². The fourth-order valence-electron chi connectivity index (χ4n) is 2.89. The third kappa shape index (κ3) is 5.58. The number of sulfonamides is 1. The number of rotatable bonds is 7. The molecular formula is C19H21F3N6O2S. The monoisotopic (exact) mass is 454 g/mol. The quantitative estimate of drug-likeness (QED) is 0.532. The molecule has 3 rings (SSSR count). The molecule has 8 nitrogen and oxygen atoms in total. The van der Waals surface area contributed by atoms with E-state index in [1.165, 1.54) is 0 Å². The van der Waals surface area contributed by atoms with E-state index in [0.29, 0.717) is 17.5 Å². The maximum atomic E-state index is 12.6. The van der Waals surface area contributed by atoms with E-state index in [1.54, 1.807) is 17.7 Å². The summed E-state index contributed by atoms with van der Waals surface area (Å²) in [5.74, 6) is 1.58. The predicted molar refractivity (Wildman–Crippen MR) is 108 cm³/mol. The number of halogens is 3. The summed E-state index contributed by atoms with van der Waals surface area (Å²) in [5, 5.41) is 7.39. The van der Waals surface area contributed by atoms with E-state index in [0.717, 1.165) is 35.7 Å². The first-order valence-corrected chi connectivity index (χ1v) is 10.7. The first kappa shape index (κ1) is 22.7. The van der Waals surface area contributed by atoms with Gasteiger partial charge in [-0.15, -0.1) is 0 Å². The summed E-state index contributed by atoms with van der Waals surface area (Å²) >= 11 is 0. The lowest BCUT2D eigenvalue weighted by Gasteiger charge is -2.11. The van der Waals surface area contributed by atoms with Crippen molar-refractivity contribution in [2.45, 2.75) is 31.8 Å². The van der Waals surface area contributed by atoms with Gasteiger partial charge in [-0.25, -0.2) is 27.8 Å². The molecule has 0 bridgehead atoms. The Morgan fingerprint density at radius 1 is 1.00 bits per heavy atom. The number of hydrogen-bond acceptors (Lipinski definition) is 6. The molecule has 3 aromatic rings. The molecule has 166 valence electrons. The number of hydrogen-bond donors (Lipinski definition) is 2. The molecule has 0 aliphatic rings. The number of nitrogens with zero attached hydrogens (tertiary/aromatic N) is 4. The van der Waals surface area contributed by atoms with Crippen molar-refractivity contribution in [2.75, 3.05) is 18.4 Å². The van der Waals surface area contributed by atoms with Gasteiger partial charge >= 0.3 is 6.18 Å². The third-order valence-corrected chi connectivity index (χ3v) is 5.74. The van der Waals surface area contributed by atoms with Crippen LogP contribution in [0.4, 0.5) is 19.0 Å². The number of anilines is 1. The molecule has 0 saturated heterocycles. The van der Waals surface area contributed by atoms with Crippen molar-refractivity contribution < 1.29 is 21.6 Å². The largest absolute Gasteiger partial charge is 0.416 e. The van der Waals surface area contributed by atoms with Gasteiger partial charge in [-0.2, -0.15) is 18.3 Å². The lowest BCUT2D eigenvalue weighted by atomic mass is 10.2. The van der Waals surface area contributed by atoms with Crippen LogP contribution in [-0.2, 0) is 16.2 Å². The van der Waals surface area contributed by atoms with Crippen LogP contribution in [-0.4, -0.2) is 41.3 Å². The Morgan fingerprint density at radius 3 is 2.26 bits per heavy atom. The molecule has 0 amide bonds. The Balaban J connectivity index is 1.62. The van der Waals surface area contributed by atoms with Crippen molar-refractivity contribution in [3.8, 4) is 5.82 Å². The third-order valence-electron chi connectivity index (χ3n) is 4.27. The summed E-state index contributed by atoms with van der Waals surface area (Å²) in [6, 6.07) is 6.92. The number of alkyl halides is 3. The van der Waals surface area contributed by atoms with Gasteiger partial charge in [-0.1, -0.05) is 0 Å². The van der Waals surface area contributed by atoms with Gasteiger partial charge < -0.3 is 5.32 Å². The Morgan fingerprint density at radius 2 is 1.68 bits per heavy atom. The van der Waals surface area contributed by atoms with Crippen molar-refractivity contribution in [1.29, 1.82) is 0 Å². The molecule has 2 N–H and O–H groups in total. The first-order valence-electron chi connectivity index (χ1n) is 9.26. The van der Waals surface area contributed by atoms with E-state index in [4.69, 9.17) is 0 Å². The summed E-state index contributed by atoms with van der Waals surface area (Å²) < 4.78 is 66.5. The zero-order chi connectivity index (χ0) is 22.8. The van der Waals surface area contributed by atoms with Crippen LogP contribution in [0.15, 0.2) is 41.3 Å². The number of benzene rings is 1. The SMILES string of the molecule is Cc1cc(C)n(-c2cc(NCCNS(=O)(=O)c3ccc(C(F)(F)F)cc3)nc(C)n2)n1. The highest BCUT2D eigenvalue weighted by atomic mass is 32.2. The second kappa shape index (κ2) is 8.63. The number of aryl methyl sites for hydroxylation is 3. The lowest BCUT2D eigenvalue weighted by Crippen LogP contribution is -2.29. The molecule has 1 aromatic carbocycles. The molecular weight excluding hydrogens is 433 g/mol. The van der Waals surface area contributed by atoms with Gasteiger partial charge in [0.1, 0.15) is 11.6 Å². The van der Waals surface area contributed by atoms with Crippen LogP contribution in [0.1, 0.15) is 22.8 Å². The molecule has 0 fully saturated rings. The van der Waals surface area contributed by atoms with Gasteiger partial charge in [0.25, 0.3) is 0 Å². The second-order valence-electron chi connectivity index (χ2n) is 6.84. The molecule has 0 aliphatic heterocycles. The van der Waals surface area contributed by atoms with Crippen LogP contribution in [0.5, 0.6) is 0 Å². The van der Waals surface area contributed by atoms with Crippen LogP contribution >= 0.6 is 0 Å². The fraction of sp³-hybridized carbons (Fsp3) is 0.316. The molecule has 0 radical (unpaired) electrons. The van der Waals surface area contributed by atoms with Gasteiger partial charge in [-0.3, -0.25) is 0 Å². The van der Waals surface area contributed by atoms with Crippen molar-refractivity contribution >= 4 is 15.8 Å². The highest BCUT2D eigenvalue weighted by molar-refractivity contribution is 7.89.